The third kappa shape index (κ3) is 2.70. The first-order valence-corrected chi connectivity index (χ1v) is 5.27. The highest BCUT2D eigenvalue weighted by Crippen LogP contribution is 2.04. The molecule has 2 aromatic rings. The minimum absolute atomic E-state index is 0.229. The highest BCUT2D eigenvalue weighted by molar-refractivity contribution is 5.22. The maximum Gasteiger partial charge on any atom is 0.265 e. The first-order valence-electron chi connectivity index (χ1n) is 5.27. The van der Waals surface area contributed by atoms with E-state index in [0.29, 0.717) is 13.1 Å². The van der Waals surface area contributed by atoms with Gasteiger partial charge < -0.3 is 5.73 Å². The van der Waals surface area contributed by atoms with Crippen molar-refractivity contribution in [1.29, 1.82) is 0 Å². The second-order valence-corrected chi connectivity index (χ2v) is 3.75. The summed E-state index contributed by atoms with van der Waals surface area (Å²) < 4.78 is 1.28. The fourth-order valence-corrected chi connectivity index (χ4v) is 1.54. The number of hydrogen-bond acceptors (Lipinski definition) is 3. The van der Waals surface area contributed by atoms with Crippen molar-refractivity contribution in [2.45, 2.75) is 13.1 Å². The molecule has 2 rings (SSSR count). The summed E-state index contributed by atoms with van der Waals surface area (Å²) in [4.78, 5) is 22.6. The van der Waals surface area contributed by atoms with E-state index >= 15 is 0 Å². The Hall–Kier alpha value is -2.14. The van der Waals surface area contributed by atoms with Crippen LogP contribution >= 0.6 is 0 Å². The van der Waals surface area contributed by atoms with Gasteiger partial charge in [0.25, 0.3) is 11.1 Å². The van der Waals surface area contributed by atoms with Crippen molar-refractivity contribution >= 4 is 0 Å². The van der Waals surface area contributed by atoms with E-state index in [-0.39, 0.29) is 11.1 Å². The number of rotatable bonds is 3. The van der Waals surface area contributed by atoms with E-state index in [9.17, 15) is 9.59 Å². The molecule has 3 N–H and O–H groups in total. The minimum Gasteiger partial charge on any atom is -0.326 e. The number of benzene rings is 1. The summed E-state index contributed by atoms with van der Waals surface area (Å²) in [5.41, 5.74) is 6.94. The van der Waals surface area contributed by atoms with E-state index in [0.717, 1.165) is 11.1 Å². The third-order valence-corrected chi connectivity index (χ3v) is 2.49. The maximum absolute atomic E-state index is 11.5. The Morgan fingerprint density at radius 3 is 2.29 bits per heavy atom. The van der Waals surface area contributed by atoms with Gasteiger partial charge in [0.2, 0.25) is 0 Å². The monoisotopic (exact) mass is 231 g/mol. The van der Waals surface area contributed by atoms with Gasteiger partial charge in [0, 0.05) is 18.7 Å². The van der Waals surface area contributed by atoms with Crippen molar-refractivity contribution in [2.24, 2.45) is 5.73 Å². The molecule has 0 unspecified atom stereocenters. The number of aromatic amines is 1. The van der Waals surface area contributed by atoms with Crippen LogP contribution < -0.4 is 16.9 Å². The van der Waals surface area contributed by atoms with E-state index in [1.165, 1.54) is 16.8 Å². The molecule has 0 aliphatic carbocycles. The summed E-state index contributed by atoms with van der Waals surface area (Å²) in [7, 11) is 0. The van der Waals surface area contributed by atoms with Crippen molar-refractivity contribution in [1.82, 2.24) is 9.78 Å². The van der Waals surface area contributed by atoms with Crippen molar-refractivity contribution in [3.63, 3.8) is 0 Å². The predicted octanol–water partition coefficient (Wildman–Crippen LogP) is 0.0436. The Bertz CT molecular complexity index is 611. The van der Waals surface area contributed by atoms with Gasteiger partial charge in [0.15, 0.2) is 0 Å². The summed E-state index contributed by atoms with van der Waals surface area (Å²) in [6, 6.07) is 10.1. The molecule has 0 bridgehead atoms. The van der Waals surface area contributed by atoms with E-state index in [4.69, 9.17) is 5.73 Å². The Morgan fingerprint density at radius 2 is 1.65 bits per heavy atom. The zero-order chi connectivity index (χ0) is 12.3. The van der Waals surface area contributed by atoms with E-state index in [1.54, 1.807) is 0 Å². The number of nitrogens with two attached hydrogens (primary N) is 1. The molecule has 0 fully saturated rings. The molecule has 5 nitrogen and oxygen atoms in total. The molecule has 17 heavy (non-hydrogen) atoms. The molecule has 0 amide bonds. The number of H-pyrrole nitrogens is 1. The van der Waals surface area contributed by atoms with Crippen LogP contribution in [-0.2, 0) is 13.1 Å². The number of aromatic nitrogens is 2. The molecule has 0 aliphatic heterocycles. The summed E-state index contributed by atoms with van der Waals surface area (Å²) >= 11 is 0. The normalized spacial score (nSPS) is 10.4. The third-order valence-electron chi connectivity index (χ3n) is 2.49. The van der Waals surface area contributed by atoms with Gasteiger partial charge in [-0.25, -0.2) is 4.68 Å². The Balaban J connectivity index is 2.28. The largest absolute Gasteiger partial charge is 0.326 e. The van der Waals surface area contributed by atoms with Gasteiger partial charge in [0.1, 0.15) is 0 Å². The molecule has 88 valence electrons. The van der Waals surface area contributed by atoms with Gasteiger partial charge in [-0.15, -0.1) is 0 Å². The van der Waals surface area contributed by atoms with Crippen LogP contribution in [-0.4, -0.2) is 9.78 Å². The van der Waals surface area contributed by atoms with Gasteiger partial charge in [-0.2, -0.15) is 0 Å². The van der Waals surface area contributed by atoms with E-state index < -0.39 is 0 Å². The van der Waals surface area contributed by atoms with Gasteiger partial charge in [0.05, 0.1) is 6.54 Å². The topological polar surface area (TPSA) is 80.9 Å². The molecule has 0 spiro atoms. The first kappa shape index (κ1) is 11.3. The molecule has 5 heteroatoms. The van der Waals surface area contributed by atoms with Crippen molar-refractivity contribution in [2.75, 3.05) is 0 Å². The molecule has 0 radical (unpaired) electrons. The highest BCUT2D eigenvalue weighted by Gasteiger charge is 1.98. The smallest absolute Gasteiger partial charge is 0.265 e. The van der Waals surface area contributed by atoms with E-state index in [1.807, 2.05) is 24.3 Å². The zero-order valence-electron chi connectivity index (χ0n) is 9.22. The zero-order valence-corrected chi connectivity index (χ0v) is 9.22. The molecule has 0 saturated carbocycles. The number of nitrogens with zero attached hydrogens (tertiary/aromatic N) is 1. The van der Waals surface area contributed by atoms with Crippen LogP contribution in [0.5, 0.6) is 0 Å². The van der Waals surface area contributed by atoms with Crippen LogP contribution in [0.1, 0.15) is 11.1 Å². The fraction of sp³-hybridized carbons (Fsp3) is 0.167. The second kappa shape index (κ2) is 4.80. The lowest BCUT2D eigenvalue weighted by atomic mass is 10.1. The lowest BCUT2D eigenvalue weighted by molar-refractivity contribution is 0.627. The Labute approximate surface area is 97.5 Å². The van der Waals surface area contributed by atoms with Gasteiger partial charge >= 0.3 is 0 Å². The average molecular weight is 231 g/mol. The molecule has 1 heterocycles. The van der Waals surface area contributed by atoms with Crippen LogP contribution in [0.25, 0.3) is 0 Å². The first-order chi connectivity index (χ1) is 8.19. The number of nitrogens with one attached hydrogen (secondary N) is 1. The molecule has 0 saturated heterocycles. The van der Waals surface area contributed by atoms with Crippen molar-refractivity contribution in [3.05, 3.63) is 68.2 Å². The van der Waals surface area contributed by atoms with Crippen LogP contribution in [0.2, 0.25) is 0 Å². The summed E-state index contributed by atoms with van der Waals surface area (Å²) in [5.74, 6) is 0. The number of hydrogen-bond donors (Lipinski definition) is 2. The molecule has 0 aliphatic rings. The lowest BCUT2D eigenvalue weighted by Crippen LogP contribution is -2.28. The molecular formula is C12H13N3O2. The van der Waals surface area contributed by atoms with Crippen molar-refractivity contribution < 1.29 is 0 Å². The quantitative estimate of drug-likeness (QED) is 0.782. The minimum atomic E-state index is -0.289. The SMILES string of the molecule is NCc1ccc(Cn2[nH]c(=O)ccc2=O)cc1. The summed E-state index contributed by atoms with van der Waals surface area (Å²) in [5, 5.41) is 2.48. The maximum atomic E-state index is 11.5. The van der Waals surface area contributed by atoms with Gasteiger partial charge in [-0.05, 0) is 11.1 Å². The van der Waals surface area contributed by atoms with Crippen LogP contribution in [0.4, 0.5) is 0 Å². The standard InChI is InChI=1S/C12H13N3O2/c13-7-9-1-3-10(4-2-9)8-15-12(17)6-5-11(16)14-15/h1-6H,7-8,13H2,(H,14,16). The van der Waals surface area contributed by atoms with Crippen LogP contribution in [0, 0.1) is 0 Å². The van der Waals surface area contributed by atoms with Crippen molar-refractivity contribution in [3.8, 4) is 0 Å². The van der Waals surface area contributed by atoms with Crippen LogP contribution in [0.3, 0.4) is 0 Å². The Morgan fingerprint density at radius 1 is 1.00 bits per heavy atom. The predicted molar refractivity (Wildman–Crippen MR) is 64.8 cm³/mol. The fourth-order valence-electron chi connectivity index (χ4n) is 1.54. The summed E-state index contributed by atoms with van der Waals surface area (Å²) in [6.45, 7) is 0.835. The van der Waals surface area contributed by atoms with Gasteiger partial charge in [-0.1, -0.05) is 24.3 Å². The molecule has 1 aromatic heterocycles. The van der Waals surface area contributed by atoms with E-state index in [2.05, 4.69) is 5.10 Å². The van der Waals surface area contributed by atoms with Crippen LogP contribution in [0.15, 0.2) is 46.0 Å². The lowest BCUT2D eigenvalue weighted by Gasteiger charge is -2.05. The Kier molecular flexibility index (Phi) is 3.20. The molecular weight excluding hydrogens is 218 g/mol. The highest BCUT2D eigenvalue weighted by atomic mass is 16.1. The second-order valence-electron chi connectivity index (χ2n) is 3.75. The molecule has 0 atom stereocenters. The van der Waals surface area contributed by atoms with Gasteiger partial charge in [-0.3, -0.25) is 14.7 Å². The summed E-state index contributed by atoms with van der Waals surface area (Å²) in [6.07, 6.45) is 0. The average Bonchev–Trinajstić information content (AvgIpc) is 2.35. The molecule has 1 aromatic carbocycles.